The molecule has 0 saturated carbocycles. The first-order valence-electron chi connectivity index (χ1n) is 6.36. The number of ether oxygens (including phenoxy) is 1. The molecule has 2 rings (SSSR count). The molecule has 102 valence electrons. The normalized spacial score (nSPS) is 10.8. The van der Waals surface area contributed by atoms with Crippen molar-refractivity contribution in [2.45, 2.75) is 12.8 Å². The number of benzene rings is 1. The zero-order valence-electron chi connectivity index (χ0n) is 11.0. The van der Waals surface area contributed by atoms with E-state index in [-0.39, 0.29) is 5.91 Å². The summed E-state index contributed by atoms with van der Waals surface area (Å²) >= 11 is 0. The second kappa shape index (κ2) is 6.24. The summed E-state index contributed by atoms with van der Waals surface area (Å²) in [5.41, 5.74) is 7.95. The van der Waals surface area contributed by atoms with Gasteiger partial charge in [-0.2, -0.15) is 0 Å². The highest BCUT2D eigenvalue weighted by Crippen LogP contribution is 2.20. The van der Waals surface area contributed by atoms with Crippen LogP contribution in [0.3, 0.4) is 0 Å². The summed E-state index contributed by atoms with van der Waals surface area (Å²) in [6.45, 7) is 1.37. The van der Waals surface area contributed by atoms with E-state index in [0.717, 1.165) is 30.4 Å². The lowest BCUT2D eigenvalue weighted by molar-refractivity contribution is 0.0953. The average Bonchev–Trinajstić information content (AvgIpc) is 2.81. The molecule has 1 heterocycles. The molecule has 0 fully saturated rings. The number of aromatic amines is 1. The van der Waals surface area contributed by atoms with Gasteiger partial charge in [0.05, 0.1) is 5.56 Å². The van der Waals surface area contributed by atoms with Crippen molar-refractivity contribution >= 4 is 22.5 Å². The van der Waals surface area contributed by atoms with Crippen molar-refractivity contribution in [3.63, 3.8) is 0 Å². The van der Waals surface area contributed by atoms with Gasteiger partial charge < -0.3 is 20.8 Å². The Morgan fingerprint density at radius 3 is 3.05 bits per heavy atom. The van der Waals surface area contributed by atoms with Crippen LogP contribution >= 0.6 is 0 Å². The number of aromatic nitrogens is 1. The number of nitrogens with one attached hydrogen (secondary N) is 2. The SMILES string of the molecule is COCCCCNC(=O)c1c[nH]c2ccc(N)cc12. The van der Waals surface area contributed by atoms with Crippen molar-refractivity contribution < 1.29 is 9.53 Å². The molecule has 1 amide bonds. The van der Waals surface area contributed by atoms with Crippen LogP contribution in [0.4, 0.5) is 5.69 Å². The van der Waals surface area contributed by atoms with Gasteiger partial charge in [0.25, 0.3) is 5.91 Å². The molecule has 5 heteroatoms. The molecule has 4 N–H and O–H groups in total. The molecule has 0 aliphatic carbocycles. The Kier molecular flexibility index (Phi) is 4.41. The highest BCUT2D eigenvalue weighted by atomic mass is 16.5. The van der Waals surface area contributed by atoms with Gasteiger partial charge in [0.2, 0.25) is 0 Å². The topological polar surface area (TPSA) is 80.1 Å². The lowest BCUT2D eigenvalue weighted by atomic mass is 10.1. The fourth-order valence-corrected chi connectivity index (χ4v) is 1.99. The number of amides is 1. The van der Waals surface area contributed by atoms with Crippen molar-refractivity contribution in [3.05, 3.63) is 30.0 Å². The van der Waals surface area contributed by atoms with Crippen LogP contribution in [0, 0.1) is 0 Å². The fourth-order valence-electron chi connectivity index (χ4n) is 1.99. The predicted molar refractivity (Wildman–Crippen MR) is 76.2 cm³/mol. The summed E-state index contributed by atoms with van der Waals surface area (Å²) < 4.78 is 4.96. The number of carbonyl (C=O) groups excluding carboxylic acids is 1. The van der Waals surface area contributed by atoms with Gasteiger partial charge in [-0.1, -0.05) is 0 Å². The van der Waals surface area contributed by atoms with Crippen LogP contribution in [0.15, 0.2) is 24.4 Å². The molecular weight excluding hydrogens is 242 g/mol. The quantitative estimate of drug-likeness (QED) is 0.549. The van der Waals surface area contributed by atoms with Crippen LogP contribution in [0.25, 0.3) is 10.9 Å². The smallest absolute Gasteiger partial charge is 0.253 e. The second-order valence-corrected chi connectivity index (χ2v) is 4.46. The number of fused-ring (bicyclic) bond motifs is 1. The minimum Gasteiger partial charge on any atom is -0.399 e. The molecule has 0 spiro atoms. The van der Waals surface area contributed by atoms with E-state index in [1.807, 2.05) is 18.2 Å². The maximum Gasteiger partial charge on any atom is 0.253 e. The Balaban J connectivity index is 1.99. The van der Waals surface area contributed by atoms with Gasteiger partial charge in [-0.3, -0.25) is 4.79 Å². The first kappa shape index (κ1) is 13.4. The van der Waals surface area contributed by atoms with Crippen LogP contribution in [0.2, 0.25) is 0 Å². The molecule has 1 aromatic carbocycles. The number of unbranched alkanes of at least 4 members (excludes halogenated alkanes) is 1. The van der Waals surface area contributed by atoms with Crippen LogP contribution in [0.5, 0.6) is 0 Å². The molecular formula is C14H19N3O2. The van der Waals surface area contributed by atoms with Crippen molar-refractivity contribution in [2.24, 2.45) is 0 Å². The largest absolute Gasteiger partial charge is 0.399 e. The standard InChI is InChI=1S/C14H19N3O2/c1-19-7-3-2-6-16-14(18)12-9-17-13-5-4-10(15)8-11(12)13/h4-5,8-9,17H,2-3,6-7,15H2,1H3,(H,16,18). The summed E-state index contributed by atoms with van der Waals surface area (Å²) in [5, 5.41) is 3.76. The van der Waals surface area contributed by atoms with Gasteiger partial charge in [0, 0.05) is 43.0 Å². The van der Waals surface area contributed by atoms with Gasteiger partial charge in [-0.25, -0.2) is 0 Å². The molecule has 0 aliphatic heterocycles. The molecule has 2 aromatic rings. The third-order valence-electron chi connectivity index (χ3n) is 3.01. The van der Waals surface area contributed by atoms with Crippen molar-refractivity contribution in [1.29, 1.82) is 0 Å². The van der Waals surface area contributed by atoms with Gasteiger partial charge >= 0.3 is 0 Å². The molecule has 0 atom stereocenters. The van der Waals surface area contributed by atoms with Crippen molar-refractivity contribution in [2.75, 3.05) is 26.0 Å². The Morgan fingerprint density at radius 2 is 2.26 bits per heavy atom. The number of hydrogen-bond donors (Lipinski definition) is 3. The zero-order valence-corrected chi connectivity index (χ0v) is 11.0. The van der Waals surface area contributed by atoms with E-state index in [4.69, 9.17) is 10.5 Å². The maximum absolute atomic E-state index is 12.1. The molecule has 0 saturated heterocycles. The first-order valence-corrected chi connectivity index (χ1v) is 6.36. The minimum absolute atomic E-state index is 0.0748. The molecule has 19 heavy (non-hydrogen) atoms. The lowest BCUT2D eigenvalue weighted by Gasteiger charge is -2.04. The van der Waals surface area contributed by atoms with Crippen LogP contribution in [-0.2, 0) is 4.74 Å². The van der Waals surface area contributed by atoms with E-state index >= 15 is 0 Å². The number of carbonyl (C=O) groups is 1. The monoisotopic (exact) mass is 261 g/mol. The van der Waals surface area contributed by atoms with Crippen LogP contribution < -0.4 is 11.1 Å². The fraction of sp³-hybridized carbons (Fsp3) is 0.357. The van der Waals surface area contributed by atoms with Gasteiger partial charge in [0.1, 0.15) is 0 Å². The van der Waals surface area contributed by atoms with Gasteiger partial charge in [-0.05, 0) is 31.0 Å². The highest BCUT2D eigenvalue weighted by molar-refractivity contribution is 6.07. The van der Waals surface area contributed by atoms with E-state index < -0.39 is 0 Å². The minimum atomic E-state index is -0.0748. The number of anilines is 1. The Bertz CT molecular complexity index is 563. The number of nitrogens with two attached hydrogens (primary N) is 1. The zero-order chi connectivity index (χ0) is 13.7. The van der Waals surface area contributed by atoms with Crippen LogP contribution in [0.1, 0.15) is 23.2 Å². The third-order valence-corrected chi connectivity index (χ3v) is 3.01. The predicted octanol–water partition coefficient (Wildman–Crippen LogP) is 1.91. The molecule has 1 aromatic heterocycles. The average molecular weight is 261 g/mol. The number of rotatable bonds is 6. The molecule has 0 bridgehead atoms. The Labute approximate surface area is 112 Å². The van der Waals surface area contributed by atoms with E-state index in [2.05, 4.69) is 10.3 Å². The summed E-state index contributed by atoms with van der Waals surface area (Å²) in [7, 11) is 1.68. The second-order valence-electron chi connectivity index (χ2n) is 4.46. The number of H-pyrrole nitrogens is 1. The van der Waals surface area contributed by atoms with E-state index in [0.29, 0.717) is 17.8 Å². The summed E-state index contributed by atoms with van der Waals surface area (Å²) in [5.74, 6) is -0.0748. The molecule has 5 nitrogen and oxygen atoms in total. The lowest BCUT2D eigenvalue weighted by Crippen LogP contribution is -2.24. The van der Waals surface area contributed by atoms with Crippen molar-refractivity contribution in [3.8, 4) is 0 Å². The van der Waals surface area contributed by atoms with E-state index in [1.54, 1.807) is 13.3 Å². The van der Waals surface area contributed by atoms with Crippen molar-refractivity contribution in [1.82, 2.24) is 10.3 Å². The molecule has 0 unspecified atom stereocenters. The third kappa shape index (κ3) is 3.26. The van der Waals surface area contributed by atoms with E-state index in [1.165, 1.54) is 0 Å². The van der Waals surface area contributed by atoms with Gasteiger partial charge in [-0.15, -0.1) is 0 Å². The number of hydrogen-bond acceptors (Lipinski definition) is 3. The molecule has 0 radical (unpaired) electrons. The van der Waals surface area contributed by atoms with Gasteiger partial charge in [0.15, 0.2) is 0 Å². The van der Waals surface area contributed by atoms with Crippen LogP contribution in [-0.4, -0.2) is 31.2 Å². The summed E-state index contributed by atoms with van der Waals surface area (Å²) in [4.78, 5) is 15.1. The van der Waals surface area contributed by atoms with E-state index in [9.17, 15) is 4.79 Å². The molecule has 0 aliphatic rings. The highest BCUT2D eigenvalue weighted by Gasteiger charge is 2.11. The Morgan fingerprint density at radius 1 is 1.42 bits per heavy atom. The first-order chi connectivity index (χ1) is 9.22. The number of methoxy groups -OCH3 is 1. The summed E-state index contributed by atoms with van der Waals surface area (Å²) in [6, 6.07) is 5.50. The summed E-state index contributed by atoms with van der Waals surface area (Å²) in [6.07, 6.45) is 3.57. The Hall–Kier alpha value is -2.01. The maximum atomic E-state index is 12.1. The number of nitrogen functional groups attached to an aromatic ring is 1.